The third-order valence-electron chi connectivity index (χ3n) is 7.19. The summed E-state index contributed by atoms with van der Waals surface area (Å²) >= 11 is 0. The van der Waals surface area contributed by atoms with Gasteiger partial charge in [0, 0.05) is 18.2 Å². The molecule has 1 saturated heterocycles. The molecule has 0 aliphatic carbocycles. The summed E-state index contributed by atoms with van der Waals surface area (Å²) in [5.41, 5.74) is 0.813. The SMILES string of the molecule is CCCCCCCCOc1ccc(OCCCCCCCC)c([N+]2(c3ccccc3)C(=O)CC(=O)NC2=O)c1. The van der Waals surface area contributed by atoms with Crippen LogP contribution in [0, 0.1) is 0 Å². The molecule has 3 rings (SSSR count). The maximum Gasteiger partial charge on any atom is 0.441 e. The van der Waals surface area contributed by atoms with Crippen LogP contribution in [0.2, 0.25) is 0 Å². The number of hydrogen-bond donors (Lipinski definition) is 1. The molecule has 4 amide bonds. The zero-order valence-corrected chi connectivity index (χ0v) is 23.7. The van der Waals surface area contributed by atoms with Crippen molar-refractivity contribution in [2.45, 2.75) is 97.3 Å². The number of amides is 4. The number of rotatable bonds is 18. The Bertz CT molecular complexity index is 1050. The van der Waals surface area contributed by atoms with Crippen molar-refractivity contribution in [1.82, 2.24) is 9.80 Å². The van der Waals surface area contributed by atoms with E-state index in [1.165, 1.54) is 44.9 Å². The summed E-state index contributed by atoms with van der Waals surface area (Å²) < 4.78 is 11.5. The Balaban J connectivity index is 1.88. The van der Waals surface area contributed by atoms with E-state index in [4.69, 9.17) is 9.47 Å². The monoisotopic (exact) mass is 537 g/mol. The molecule has 1 aliphatic rings. The van der Waals surface area contributed by atoms with Gasteiger partial charge in [0.05, 0.1) is 13.2 Å². The molecule has 212 valence electrons. The van der Waals surface area contributed by atoms with Gasteiger partial charge in [-0.2, -0.15) is 0 Å². The number of benzene rings is 2. The number of nitrogens with one attached hydrogen (secondary N) is 1. The van der Waals surface area contributed by atoms with E-state index in [9.17, 15) is 14.4 Å². The van der Waals surface area contributed by atoms with Crippen LogP contribution in [0.1, 0.15) is 97.3 Å². The normalized spacial score (nSPS) is 17.2. The lowest BCUT2D eigenvalue weighted by atomic mass is 10.1. The highest BCUT2D eigenvalue weighted by molar-refractivity contribution is 6.25. The molecule has 1 aliphatic heterocycles. The molecule has 7 heteroatoms. The summed E-state index contributed by atoms with van der Waals surface area (Å²) in [6.45, 7) is 5.42. The van der Waals surface area contributed by atoms with Gasteiger partial charge in [-0.3, -0.25) is 4.79 Å². The lowest BCUT2D eigenvalue weighted by Gasteiger charge is -2.35. The van der Waals surface area contributed by atoms with Gasteiger partial charge in [-0.15, -0.1) is 4.48 Å². The van der Waals surface area contributed by atoms with E-state index in [-0.39, 0.29) is 0 Å². The van der Waals surface area contributed by atoms with Gasteiger partial charge >= 0.3 is 11.9 Å². The van der Waals surface area contributed by atoms with Crippen molar-refractivity contribution in [3.8, 4) is 11.5 Å². The van der Waals surface area contributed by atoms with Gasteiger partial charge in [-0.05, 0) is 25.0 Å². The van der Waals surface area contributed by atoms with Crippen LogP contribution in [0.3, 0.4) is 0 Å². The molecule has 1 heterocycles. The first-order chi connectivity index (χ1) is 19.0. The quantitative estimate of drug-likeness (QED) is 0.118. The van der Waals surface area contributed by atoms with Gasteiger partial charge in [-0.25, -0.2) is 14.9 Å². The molecule has 1 fully saturated rings. The number of quaternary nitrogens is 1. The number of carbonyl (C=O) groups excluding carboxylic acids is 3. The highest BCUT2D eigenvalue weighted by atomic mass is 16.5. The second-order valence-electron chi connectivity index (χ2n) is 10.3. The zero-order valence-electron chi connectivity index (χ0n) is 23.7. The minimum Gasteiger partial charge on any atom is -0.493 e. The highest BCUT2D eigenvalue weighted by Crippen LogP contribution is 2.45. The van der Waals surface area contributed by atoms with Gasteiger partial charge in [0.15, 0.2) is 11.4 Å². The van der Waals surface area contributed by atoms with Gasteiger partial charge in [0.2, 0.25) is 11.6 Å². The fraction of sp³-hybridized carbons (Fsp3) is 0.531. The molecule has 1 unspecified atom stereocenters. The number of carbonyl (C=O) groups is 3. The van der Waals surface area contributed by atoms with Gasteiger partial charge in [-0.1, -0.05) is 96.3 Å². The van der Waals surface area contributed by atoms with Crippen molar-refractivity contribution < 1.29 is 23.9 Å². The maximum atomic E-state index is 13.7. The third kappa shape index (κ3) is 8.15. The fourth-order valence-corrected chi connectivity index (χ4v) is 5.02. The molecule has 1 atom stereocenters. The van der Waals surface area contributed by atoms with E-state index >= 15 is 0 Å². The number of barbiturate groups is 1. The Labute approximate surface area is 233 Å². The van der Waals surface area contributed by atoms with Crippen LogP contribution in [0.15, 0.2) is 48.5 Å². The predicted molar refractivity (Wildman–Crippen MR) is 155 cm³/mol. The first-order valence-corrected chi connectivity index (χ1v) is 14.8. The first kappa shape index (κ1) is 30.4. The molecule has 0 saturated carbocycles. The van der Waals surface area contributed by atoms with Crippen LogP contribution in [0.4, 0.5) is 16.2 Å². The van der Waals surface area contributed by atoms with Crippen molar-refractivity contribution in [1.29, 1.82) is 0 Å². The Morgan fingerprint density at radius 1 is 0.718 bits per heavy atom. The van der Waals surface area contributed by atoms with Crippen LogP contribution < -0.4 is 19.3 Å². The lowest BCUT2D eigenvalue weighted by Crippen LogP contribution is -2.64. The van der Waals surface area contributed by atoms with E-state index in [2.05, 4.69) is 19.2 Å². The van der Waals surface area contributed by atoms with Crippen molar-refractivity contribution in [2.75, 3.05) is 13.2 Å². The van der Waals surface area contributed by atoms with E-state index in [1.54, 1.807) is 36.4 Å². The largest absolute Gasteiger partial charge is 0.493 e. The minimum atomic E-state index is -0.771. The van der Waals surface area contributed by atoms with Crippen LogP contribution >= 0.6 is 0 Å². The number of ether oxygens (including phenoxy) is 2. The number of hydrogen-bond acceptors (Lipinski definition) is 5. The number of urea groups is 1. The standard InChI is InChI=1S/C32H44N2O5/c1-3-5-7-9-11-16-22-38-27-20-21-29(39-23-17-12-10-8-6-4-2)28(24-27)34(26-18-14-13-15-19-26)31(36)25-30(35)33-32(34)37/h13-15,18-21,24H,3-12,16-17,22-23,25H2,1-2H3/p+1. The van der Waals surface area contributed by atoms with Crippen LogP contribution in [-0.4, -0.2) is 31.1 Å². The molecular formula is C32H45N2O5+. The molecule has 0 aromatic heterocycles. The number of imide groups is 2. The summed E-state index contributed by atoms with van der Waals surface area (Å²) in [6, 6.07) is 13.5. The van der Waals surface area contributed by atoms with Gasteiger partial charge < -0.3 is 9.47 Å². The molecule has 39 heavy (non-hydrogen) atoms. The van der Waals surface area contributed by atoms with Crippen LogP contribution in [0.25, 0.3) is 0 Å². The Kier molecular flexibility index (Phi) is 12.5. The van der Waals surface area contributed by atoms with E-state index in [0.717, 1.165) is 32.1 Å². The minimum absolute atomic E-state index is 0.364. The number of nitrogens with zero attached hydrogens (tertiary/aromatic N) is 1. The second-order valence-corrected chi connectivity index (χ2v) is 10.3. The van der Waals surface area contributed by atoms with Crippen LogP contribution in [-0.2, 0) is 9.59 Å². The molecule has 0 spiro atoms. The van der Waals surface area contributed by atoms with Gasteiger partial charge in [0.1, 0.15) is 12.2 Å². The summed E-state index contributed by atoms with van der Waals surface area (Å²) in [7, 11) is 0. The van der Waals surface area contributed by atoms with E-state index in [1.807, 2.05) is 12.1 Å². The average molecular weight is 538 g/mol. The molecule has 1 N–H and O–H groups in total. The lowest BCUT2D eigenvalue weighted by molar-refractivity contribution is -0.133. The van der Waals surface area contributed by atoms with Crippen molar-refractivity contribution >= 4 is 29.2 Å². The topological polar surface area (TPSA) is 81.7 Å². The van der Waals surface area contributed by atoms with Crippen molar-refractivity contribution in [3.05, 3.63) is 48.5 Å². The highest BCUT2D eigenvalue weighted by Gasteiger charge is 2.55. The van der Waals surface area contributed by atoms with E-state index < -0.39 is 28.7 Å². The third-order valence-corrected chi connectivity index (χ3v) is 7.19. The molecule has 2 aromatic carbocycles. The van der Waals surface area contributed by atoms with Gasteiger partial charge in [0.25, 0.3) is 0 Å². The number of para-hydroxylation sites is 1. The van der Waals surface area contributed by atoms with E-state index in [0.29, 0.717) is 36.1 Å². The van der Waals surface area contributed by atoms with Crippen LogP contribution in [0.5, 0.6) is 11.5 Å². The van der Waals surface area contributed by atoms with Crippen molar-refractivity contribution in [2.24, 2.45) is 0 Å². The smallest absolute Gasteiger partial charge is 0.441 e. The second kappa shape index (κ2) is 16.0. The maximum absolute atomic E-state index is 13.7. The summed E-state index contributed by atoms with van der Waals surface area (Å²) in [4.78, 5) is 39.4. The Morgan fingerprint density at radius 3 is 1.92 bits per heavy atom. The molecule has 2 aromatic rings. The summed E-state index contributed by atoms with van der Waals surface area (Å²) in [5, 5.41) is 2.39. The fourth-order valence-electron chi connectivity index (χ4n) is 5.02. The van der Waals surface area contributed by atoms with Crippen molar-refractivity contribution in [3.63, 3.8) is 0 Å². The molecule has 7 nitrogen and oxygen atoms in total. The predicted octanol–water partition coefficient (Wildman–Crippen LogP) is 7.97. The molecule has 0 bridgehead atoms. The zero-order chi connectivity index (χ0) is 27.9. The Hall–Kier alpha value is -3.19. The summed E-state index contributed by atoms with van der Waals surface area (Å²) in [6.07, 6.45) is 13.2. The summed E-state index contributed by atoms with van der Waals surface area (Å²) in [5.74, 6) is -0.110. The molecule has 0 radical (unpaired) electrons. The first-order valence-electron chi connectivity index (χ1n) is 14.8. The number of unbranched alkanes of at least 4 members (excludes halogenated alkanes) is 10. The average Bonchev–Trinajstić information content (AvgIpc) is 2.93. The molecular weight excluding hydrogens is 492 g/mol. The Morgan fingerprint density at radius 2 is 1.31 bits per heavy atom.